The van der Waals surface area contributed by atoms with E-state index in [1.807, 2.05) is 0 Å². The summed E-state index contributed by atoms with van der Waals surface area (Å²) < 4.78 is 6.00. The summed E-state index contributed by atoms with van der Waals surface area (Å²) in [5.74, 6) is 4.73. The van der Waals surface area contributed by atoms with Crippen molar-refractivity contribution < 1.29 is 4.42 Å². The second-order valence-electron chi connectivity index (χ2n) is 6.92. The number of hydrogen-bond donors (Lipinski definition) is 1. The minimum absolute atomic E-state index is 0.670. The summed E-state index contributed by atoms with van der Waals surface area (Å²) in [5.41, 5.74) is 0. The fourth-order valence-electron chi connectivity index (χ4n) is 3.82. The van der Waals surface area contributed by atoms with Gasteiger partial charge in [-0.3, -0.25) is 0 Å². The largest absolute Gasteiger partial charge is 0.464 e. The fraction of sp³-hybridized carbons (Fsp3) is 0.778. The van der Waals surface area contributed by atoms with Crippen LogP contribution in [0.3, 0.4) is 0 Å². The van der Waals surface area contributed by atoms with Crippen LogP contribution >= 0.6 is 0 Å². The molecule has 2 saturated carbocycles. The Bertz CT molecular complexity index is 419. The molecule has 112 valence electrons. The second-order valence-corrected chi connectivity index (χ2v) is 6.92. The van der Waals surface area contributed by atoms with E-state index in [0.29, 0.717) is 12.0 Å². The maximum Gasteiger partial charge on any atom is 0.117 e. The smallest absolute Gasteiger partial charge is 0.117 e. The number of hydrogen-bond acceptors (Lipinski definition) is 2. The zero-order chi connectivity index (χ0) is 13.9. The minimum Gasteiger partial charge on any atom is -0.464 e. The van der Waals surface area contributed by atoms with Gasteiger partial charge in [0, 0.05) is 12.0 Å². The van der Waals surface area contributed by atoms with Crippen molar-refractivity contribution in [3.63, 3.8) is 0 Å². The van der Waals surface area contributed by atoms with Gasteiger partial charge in [0.2, 0.25) is 0 Å². The molecule has 2 aliphatic rings. The molecule has 1 aromatic rings. The van der Waals surface area contributed by atoms with Crippen molar-refractivity contribution in [2.24, 2.45) is 11.8 Å². The van der Waals surface area contributed by atoms with Gasteiger partial charge >= 0.3 is 0 Å². The molecule has 0 bridgehead atoms. The predicted octanol–water partition coefficient (Wildman–Crippen LogP) is 4.85. The van der Waals surface area contributed by atoms with Crippen LogP contribution in [0.4, 0.5) is 0 Å². The van der Waals surface area contributed by atoms with Crippen LogP contribution in [-0.2, 0) is 6.54 Å². The van der Waals surface area contributed by atoms with Crippen LogP contribution in [0.1, 0.15) is 76.2 Å². The summed E-state index contributed by atoms with van der Waals surface area (Å²) in [5, 5.41) is 3.75. The van der Waals surface area contributed by atoms with Crippen molar-refractivity contribution in [1.29, 1.82) is 0 Å². The quantitative estimate of drug-likeness (QED) is 0.802. The Morgan fingerprint density at radius 3 is 2.65 bits per heavy atom. The average molecular weight is 275 g/mol. The maximum absolute atomic E-state index is 6.00. The first-order valence-corrected chi connectivity index (χ1v) is 8.60. The second kappa shape index (κ2) is 6.34. The van der Waals surface area contributed by atoms with Crippen LogP contribution in [-0.4, -0.2) is 6.04 Å². The predicted molar refractivity (Wildman–Crippen MR) is 82.7 cm³/mol. The lowest BCUT2D eigenvalue weighted by Crippen LogP contribution is -2.36. The highest BCUT2D eigenvalue weighted by molar-refractivity contribution is 5.17. The van der Waals surface area contributed by atoms with Gasteiger partial charge in [0.15, 0.2) is 0 Å². The monoisotopic (exact) mass is 275 g/mol. The van der Waals surface area contributed by atoms with E-state index in [1.165, 1.54) is 50.7 Å². The molecule has 0 aromatic carbocycles. The van der Waals surface area contributed by atoms with Crippen molar-refractivity contribution in [1.82, 2.24) is 5.32 Å². The van der Waals surface area contributed by atoms with Crippen molar-refractivity contribution in [3.05, 3.63) is 23.7 Å². The van der Waals surface area contributed by atoms with Crippen LogP contribution in [0.5, 0.6) is 0 Å². The Hall–Kier alpha value is -0.760. The summed E-state index contributed by atoms with van der Waals surface area (Å²) in [7, 11) is 0. The standard InChI is InChI=1S/C18H29NO/c1-3-17(14-7-5-4-6-8-14)19-12-15-9-10-18(20-15)16-11-13(16)2/h9-10,13-14,16-17,19H,3-8,11-12H2,1-2H3. The highest BCUT2D eigenvalue weighted by atomic mass is 16.3. The highest BCUT2D eigenvalue weighted by Gasteiger charge is 2.36. The van der Waals surface area contributed by atoms with Crippen LogP contribution in [0.2, 0.25) is 0 Å². The van der Waals surface area contributed by atoms with Crippen LogP contribution < -0.4 is 5.32 Å². The Morgan fingerprint density at radius 1 is 1.25 bits per heavy atom. The van der Waals surface area contributed by atoms with Crippen LogP contribution in [0, 0.1) is 11.8 Å². The van der Waals surface area contributed by atoms with E-state index in [4.69, 9.17) is 4.42 Å². The molecule has 1 heterocycles. The molecular formula is C18H29NO. The van der Waals surface area contributed by atoms with E-state index in [-0.39, 0.29) is 0 Å². The van der Waals surface area contributed by atoms with Gasteiger partial charge in [-0.15, -0.1) is 0 Å². The van der Waals surface area contributed by atoms with Crippen LogP contribution in [0.15, 0.2) is 16.5 Å². The molecule has 2 fully saturated rings. The first-order valence-electron chi connectivity index (χ1n) is 8.60. The summed E-state index contributed by atoms with van der Waals surface area (Å²) in [6.45, 7) is 5.52. The van der Waals surface area contributed by atoms with Crippen molar-refractivity contribution >= 4 is 0 Å². The normalized spacial score (nSPS) is 28.5. The third-order valence-electron chi connectivity index (χ3n) is 5.35. The van der Waals surface area contributed by atoms with Gasteiger partial charge in [0.1, 0.15) is 11.5 Å². The Balaban J connectivity index is 1.50. The van der Waals surface area contributed by atoms with Gasteiger partial charge in [-0.05, 0) is 49.7 Å². The van der Waals surface area contributed by atoms with Gasteiger partial charge < -0.3 is 9.73 Å². The molecule has 3 unspecified atom stereocenters. The molecule has 2 aliphatic carbocycles. The third-order valence-corrected chi connectivity index (χ3v) is 5.35. The molecule has 3 atom stereocenters. The SMILES string of the molecule is CCC(NCc1ccc(C2CC2C)o1)C1CCCCC1. The molecule has 3 rings (SSSR count). The molecule has 0 amide bonds. The molecule has 0 spiro atoms. The summed E-state index contributed by atoms with van der Waals surface area (Å²) in [6, 6.07) is 5.02. The minimum atomic E-state index is 0.670. The number of rotatable bonds is 6. The molecule has 2 heteroatoms. The Labute approximate surface area is 123 Å². The van der Waals surface area contributed by atoms with Crippen LogP contribution in [0.25, 0.3) is 0 Å². The highest BCUT2D eigenvalue weighted by Crippen LogP contribution is 2.47. The van der Waals surface area contributed by atoms with E-state index in [2.05, 4.69) is 31.3 Å². The Morgan fingerprint density at radius 2 is 2.00 bits per heavy atom. The zero-order valence-corrected chi connectivity index (χ0v) is 13.0. The molecule has 0 saturated heterocycles. The number of nitrogens with one attached hydrogen (secondary N) is 1. The van der Waals surface area contributed by atoms with Gasteiger partial charge in [0.05, 0.1) is 6.54 Å². The summed E-state index contributed by atoms with van der Waals surface area (Å²) >= 11 is 0. The molecule has 0 aliphatic heterocycles. The fourth-order valence-corrected chi connectivity index (χ4v) is 3.82. The first-order chi connectivity index (χ1) is 9.78. The lowest BCUT2D eigenvalue weighted by Gasteiger charge is -2.30. The van der Waals surface area contributed by atoms with E-state index in [1.54, 1.807) is 0 Å². The maximum atomic E-state index is 6.00. The van der Waals surface area contributed by atoms with Gasteiger partial charge in [-0.1, -0.05) is 33.1 Å². The average Bonchev–Trinajstić information content (AvgIpc) is 3.02. The zero-order valence-electron chi connectivity index (χ0n) is 13.0. The molecule has 20 heavy (non-hydrogen) atoms. The lowest BCUT2D eigenvalue weighted by molar-refractivity contribution is 0.256. The summed E-state index contributed by atoms with van der Waals surface area (Å²) in [4.78, 5) is 0. The van der Waals surface area contributed by atoms with E-state index in [0.717, 1.165) is 24.1 Å². The van der Waals surface area contributed by atoms with Gasteiger partial charge in [-0.25, -0.2) is 0 Å². The molecule has 2 nitrogen and oxygen atoms in total. The van der Waals surface area contributed by atoms with Crippen molar-refractivity contribution in [2.45, 2.75) is 77.3 Å². The van der Waals surface area contributed by atoms with Crippen molar-refractivity contribution in [3.8, 4) is 0 Å². The molecule has 0 radical (unpaired) electrons. The van der Waals surface area contributed by atoms with Gasteiger partial charge in [-0.2, -0.15) is 0 Å². The topological polar surface area (TPSA) is 25.2 Å². The molecule has 1 N–H and O–H groups in total. The lowest BCUT2D eigenvalue weighted by atomic mass is 9.83. The molecular weight excluding hydrogens is 246 g/mol. The van der Waals surface area contributed by atoms with E-state index in [9.17, 15) is 0 Å². The molecule has 1 aromatic heterocycles. The van der Waals surface area contributed by atoms with Crippen molar-refractivity contribution in [2.75, 3.05) is 0 Å². The number of furan rings is 1. The van der Waals surface area contributed by atoms with E-state index < -0.39 is 0 Å². The van der Waals surface area contributed by atoms with E-state index >= 15 is 0 Å². The Kier molecular flexibility index (Phi) is 4.50. The van der Waals surface area contributed by atoms with Gasteiger partial charge in [0.25, 0.3) is 0 Å². The first kappa shape index (κ1) is 14.2. The summed E-state index contributed by atoms with van der Waals surface area (Å²) in [6.07, 6.45) is 9.65. The third kappa shape index (κ3) is 3.28.